The molecule has 0 bridgehead atoms. The summed E-state index contributed by atoms with van der Waals surface area (Å²) in [6, 6.07) is 0.649. The van der Waals surface area contributed by atoms with Crippen LogP contribution < -0.4 is 5.32 Å². The molecular weight excluding hydrogens is 214 g/mol. The Labute approximate surface area is 106 Å². The monoisotopic (exact) mass is 243 g/mol. The SMILES string of the molecule is CCNC(C)CCCCOCC1CCOCC1. The van der Waals surface area contributed by atoms with Crippen LogP contribution in [0, 0.1) is 5.92 Å². The molecule has 0 radical (unpaired) electrons. The topological polar surface area (TPSA) is 30.5 Å². The van der Waals surface area contributed by atoms with Crippen molar-refractivity contribution < 1.29 is 9.47 Å². The number of ether oxygens (including phenoxy) is 2. The molecule has 1 unspecified atom stereocenters. The van der Waals surface area contributed by atoms with Gasteiger partial charge < -0.3 is 14.8 Å². The molecule has 0 aromatic rings. The first-order valence-electron chi connectivity index (χ1n) is 7.21. The molecule has 17 heavy (non-hydrogen) atoms. The fourth-order valence-electron chi connectivity index (χ4n) is 2.27. The highest BCUT2D eigenvalue weighted by molar-refractivity contribution is 4.62. The van der Waals surface area contributed by atoms with Crippen LogP contribution in [0.15, 0.2) is 0 Å². The molecular formula is C14H29NO2. The van der Waals surface area contributed by atoms with Gasteiger partial charge in [-0.1, -0.05) is 6.92 Å². The molecule has 3 heteroatoms. The van der Waals surface area contributed by atoms with Crippen molar-refractivity contribution >= 4 is 0 Å². The van der Waals surface area contributed by atoms with Crippen molar-refractivity contribution in [2.24, 2.45) is 5.92 Å². The van der Waals surface area contributed by atoms with Gasteiger partial charge in [-0.2, -0.15) is 0 Å². The predicted octanol–water partition coefficient (Wildman–Crippen LogP) is 2.60. The van der Waals surface area contributed by atoms with Crippen molar-refractivity contribution in [2.75, 3.05) is 33.0 Å². The minimum atomic E-state index is 0.649. The smallest absolute Gasteiger partial charge is 0.0495 e. The van der Waals surface area contributed by atoms with Crippen LogP contribution in [0.1, 0.15) is 46.0 Å². The second kappa shape index (κ2) is 9.86. The zero-order valence-electron chi connectivity index (χ0n) is 11.5. The Balaban J connectivity index is 1.83. The van der Waals surface area contributed by atoms with Crippen molar-refractivity contribution in [3.8, 4) is 0 Å². The summed E-state index contributed by atoms with van der Waals surface area (Å²) in [6.45, 7) is 9.20. The maximum atomic E-state index is 5.74. The van der Waals surface area contributed by atoms with Gasteiger partial charge in [0.15, 0.2) is 0 Å². The largest absolute Gasteiger partial charge is 0.381 e. The lowest BCUT2D eigenvalue weighted by Crippen LogP contribution is -2.25. The van der Waals surface area contributed by atoms with Crippen molar-refractivity contribution in [3.05, 3.63) is 0 Å². The fraction of sp³-hybridized carbons (Fsp3) is 1.00. The average Bonchev–Trinajstić information content (AvgIpc) is 2.35. The summed E-state index contributed by atoms with van der Waals surface area (Å²) in [6.07, 6.45) is 6.07. The lowest BCUT2D eigenvalue weighted by molar-refractivity contribution is 0.0197. The average molecular weight is 243 g/mol. The van der Waals surface area contributed by atoms with Gasteiger partial charge in [0.1, 0.15) is 0 Å². The second-order valence-electron chi connectivity index (χ2n) is 5.09. The Hall–Kier alpha value is -0.120. The number of unbranched alkanes of at least 4 members (excludes halogenated alkanes) is 1. The minimum Gasteiger partial charge on any atom is -0.381 e. The van der Waals surface area contributed by atoms with E-state index in [0.29, 0.717) is 6.04 Å². The summed E-state index contributed by atoms with van der Waals surface area (Å²) in [7, 11) is 0. The van der Waals surface area contributed by atoms with Crippen LogP contribution in [0.25, 0.3) is 0 Å². The highest BCUT2D eigenvalue weighted by Gasteiger charge is 2.13. The normalized spacial score (nSPS) is 19.4. The molecule has 0 aromatic carbocycles. The lowest BCUT2D eigenvalue weighted by atomic mass is 10.0. The van der Waals surface area contributed by atoms with E-state index in [9.17, 15) is 0 Å². The van der Waals surface area contributed by atoms with Gasteiger partial charge in [-0.15, -0.1) is 0 Å². The van der Waals surface area contributed by atoms with Crippen LogP contribution in [-0.2, 0) is 9.47 Å². The first-order chi connectivity index (χ1) is 8.33. The van der Waals surface area contributed by atoms with Crippen molar-refractivity contribution in [3.63, 3.8) is 0 Å². The van der Waals surface area contributed by atoms with E-state index < -0.39 is 0 Å². The van der Waals surface area contributed by atoms with E-state index >= 15 is 0 Å². The lowest BCUT2D eigenvalue weighted by Gasteiger charge is -2.21. The highest BCUT2D eigenvalue weighted by atomic mass is 16.5. The van der Waals surface area contributed by atoms with Crippen molar-refractivity contribution in [2.45, 2.75) is 52.0 Å². The molecule has 0 spiro atoms. The van der Waals surface area contributed by atoms with E-state index in [2.05, 4.69) is 19.2 Å². The van der Waals surface area contributed by atoms with E-state index in [1.165, 1.54) is 32.1 Å². The summed E-state index contributed by atoms with van der Waals surface area (Å²) in [5.41, 5.74) is 0. The predicted molar refractivity (Wildman–Crippen MR) is 71.4 cm³/mol. The van der Waals surface area contributed by atoms with Gasteiger partial charge in [0, 0.05) is 32.5 Å². The number of hydrogen-bond donors (Lipinski definition) is 1. The van der Waals surface area contributed by atoms with Gasteiger partial charge in [-0.05, 0) is 51.5 Å². The third-order valence-electron chi connectivity index (χ3n) is 3.42. The second-order valence-corrected chi connectivity index (χ2v) is 5.09. The molecule has 3 nitrogen and oxygen atoms in total. The Kier molecular flexibility index (Phi) is 8.67. The van der Waals surface area contributed by atoms with E-state index in [4.69, 9.17) is 9.47 Å². The van der Waals surface area contributed by atoms with Gasteiger partial charge in [0.05, 0.1) is 0 Å². The summed E-state index contributed by atoms with van der Waals surface area (Å²) in [4.78, 5) is 0. The van der Waals surface area contributed by atoms with Crippen LogP contribution in [0.3, 0.4) is 0 Å². The molecule has 1 fully saturated rings. The Morgan fingerprint density at radius 3 is 2.76 bits per heavy atom. The molecule has 0 amide bonds. The fourth-order valence-corrected chi connectivity index (χ4v) is 2.27. The van der Waals surface area contributed by atoms with Crippen molar-refractivity contribution in [1.82, 2.24) is 5.32 Å². The first kappa shape index (κ1) is 14.9. The Morgan fingerprint density at radius 1 is 1.29 bits per heavy atom. The van der Waals surface area contributed by atoms with Crippen LogP contribution in [-0.4, -0.2) is 39.0 Å². The van der Waals surface area contributed by atoms with Gasteiger partial charge in [-0.3, -0.25) is 0 Å². The van der Waals surface area contributed by atoms with Crippen molar-refractivity contribution in [1.29, 1.82) is 0 Å². The van der Waals surface area contributed by atoms with Crippen LogP contribution in [0.5, 0.6) is 0 Å². The van der Waals surface area contributed by atoms with Gasteiger partial charge in [-0.25, -0.2) is 0 Å². The van der Waals surface area contributed by atoms with Crippen LogP contribution in [0.4, 0.5) is 0 Å². The van der Waals surface area contributed by atoms with E-state index in [1.807, 2.05) is 0 Å². The third kappa shape index (κ3) is 7.74. The summed E-state index contributed by atoms with van der Waals surface area (Å²) >= 11 is 0. The van der Waals surface area contributed by atoms with Gasteiger partial charge >= 0.3 is 0 Å². The quantitative estimate of drug-likeness (QED) is 0.631. The molecule has 1 N–H and O–H groups in total. The maximum absolute atomic E-state index is 5.74. The number of rotatable bonds is 9. The van der Waals surface area contributed by atoms with E-state index in [1.54, 1.807) is 0 Å². The molecule has 102 valence electrons. The molecule has 1 heterocycles. The zero-order valence-corrected chi connectivity index (χ0v) is 11.5. The summed E-state index contributed by atoms with van der Waals surface area (Å²) in [5.74, 6) is 0.740. The minimum absolute atomic E-state index is 0.649. The molecule has 1 atom stereocenters. The van der Waals surface area contributed by atoms with Gasteiger partial charge in [0.25, 0.3) is 0 Å². The standard InChI is InChI=1S/C14H29NO2/c1-3-15-13(2)6-4-5-9-17-12-14-7-10-16-11-8-14/h13-15H,3-12H2,1-2H3. The van der Waals surface area contributed by atoms with Crippen LogP contribution in [0.2, 0.25) is 0 Å². The number of nitrogens with one attached hydrogen (secondary N) is 1. The molecule has 1 saturated heterocycles. The maximum Gasteiger partial charge on any atom is 0.0495 e. The molecule has 1 aliphatic heterocycles. The summed E-state index contributed by atoms with van der Waals surface area (Å²) in [5, 5.41) is 3.43. The van der Waals surface area contributed by atoms with Crippen LogP contribution >= 0.6 is 0 Å². The molecule has 1 rings (SSSR count). The first-order valence-corrected chi connectivity index (χ1v) is 7.21. The highest BCUT2D eigenvalue weighted by Crippen LogP contribution is 2.14. The molecule has 0 aliphatic carbocycles. The zero-order chi connectivity index (χ0) is 12.3. The third-order valence-corrected chi connectivity index (χ3v) is 3.42. The van der Waals surface area contributed by atoms with Gasteiger partial charge in [0.2, 0.25) is 0 Å². The molecule has 0 saturated carbocycles. The Bertz CT molecular complexity index is 170. The molecule has 1 aliphatic rings. The van der Waals surface area contributed by atoms with E-state index in [-0.39, 0.29) is 0 Å². The number of hydrogen-bond acceptors (Lipinski definition) is 3. The Morgan fingerprint density at radius 2 is 2.06 bits per heavy atom. The molecule has 0 aromatic heterocycles. The van der Waals surface area contributed by atoms with E-state index in [0.717, 1.165) is 38.9 Å². The summed E-state index contributed by atoms with van der Waals surface area (Å²) < 4.78 is 11.1.